The van der Waals surface area contributed by atoms with E-state index in [0.29, 0.717) is 0 Å². The molecule has 0 aromatic carbocycles. The quantitative estimate of drug-likeness (QED) is 0.748. The molecule has 2 aliphatic rings. The Morgan fingerprint density at radius 3 is 2.56 bits per heavy atom. The van der Waals surface area contributed by atoms with Gasteiger partial charge in [-0.25, -0.2) is 0 Å². The van der Waals surface area contributed by atoms with Gasteiger partial charge in [-0.2, -0.15) is 0 Å². The van der Waals surface area contributed by atoms with Gasteiger partial charge in [-0.15, -0.1) is 0 Å². The highest BCUT2D eigenvalue weighted by molar-refractivity contribution is 4.91. The van der Waals surface area contributed by atoms with E-state index in [4.69, 9.17) is 0 Å². The number of hydrogen-bond acceptors (Lipinski definition) is 2. The molecule has 1 saturated carbocycles. The van der Waals surface area contributed by atoms with Gasteiger partial charge < -0.3 is 5.32 Å². The third kappa shape index (κ3) is 3.96. The van der Waals surface area contributed by atoms with E-state index in [1.807, 2.05) is 0 Å². The topological polar surface area (TPSA) is 15.3 Å². The third-order valence-electron chi connectivity index (χ3n) is 4.83. The molecule has 0 aromatic heterocycles. The fourth-order valence-electron chi connectivity index (χ4n) is 3.56. The minimum absolute atomic E-state index is 0.747. The SMILES string of the molecule is CCCNC1CC(CCC)CN(C(C)C2CC2)C1. The molecule has 1 heterocycles. The second-order valence-electron chi connectivity index (χ2n) is 6.57. The zero-order valence-electron chi connectivity index (χ0n) is 12.6. The predicted molar refractivity (Wildman–Crippen MR) is 78.9 cm³/mol. The Morgan fingerprint density at radius 2 is 1.94 bits per heavy atom. The van der Waals surface area contributed by atoms with E-state index in [1.54, 1.807) is 0 Å². The maximum atomic E-state index is 3.76. The van der Waals surface area contributed by atoms with E-state index in [-0.39, 0.29) is 0 Å². The predicted octanol–water partition coefficient (Wildman–Crippen LogP) is 3.28. The molecule has 2 heteroatoms. The van der Waals surface area contributed by atoms with Crippen molar-refractivity contribution in [1.29, 1.82) is 0 Å². The van der Waals surface area contributed by atoms with Crippen LogP contribution in [0.15, 0.2) is 0 Å². The Balaban J connectivity index is 1.87. The highest BCUT2D eigenvalue weighted by Gasteiger charge is 2.36. The molecule has 0 bridgehead atoms. The van der Waals surface area contributed by atoms with Gasteiger partial charge in [-0.1, -0.05) is 20.3 Å². The Kier molecular flexibility index (Phi) is 5.50. The van der Waals surface area contributed by atoms with Crippen LogP contribution < -0.4 is 5.32 Å². The molecule has 3 unspecified atom stereocenters. The molecule has 1 aliphatic carbocycles. The zero-order chi connectivity index (χ0) is 13.0. The maximum Gasteiger partial charge on any atom is 0.0198 e. The summed E-state index contributed by atoms with van der Waals surface area (Å²) in [7, 11) is 0. The fraction of sp³-hybridized carbons (Fsp3) is 1.00. The lowest BCUT2D eigenvalue weighted by Crippen LogP contribution is -2.52. The molecule has 18 heavy (non-hydrogen) atoms. The van der Waals surface area contributed by atoms with E-state index >= 15 is 0 Å². The standard InChI is InChI=1S/C16H32N2/c1-4-6-14-10-16(17-9-5-2)12-18(11-14)13(3)15-7-8-15/h13-17H,4-12H2,1-3H3. The number of nitrogens with zero attached hydrogens (tertiary/aromatic N) is 1. The maximum absolute atomic E-state index is 3.76. The molecule has 2 fully saturated rings. The third-order valence-corrected chi connectivity index (χ3v) is 4.83. The highest BCUT2D eigenvalue weighted by Crippen LogP contribution is 2.37. The van der Waals surface area contributed by atoms with E-state index in [0.717, 1.165) is 23.9 Å². The van der Waals surface area contributed by atoms with Gasteiger partial charge in [0.05, 0.1) is 0 Å². The second kappa shape index (κ2) is 6.91. The van der Waals surface area contributed by atoms with Gasteiger partial charge in [0, 0.05) is 25.2 Å². The Labute approximate surface area is 114 Å². The van der Waals surface area contributed by atoms with Gasteiger partial charge >= 0.3 is 0 Å². The molecule has 106 valence electrons. The molecule has 3 atom stereocenters. The van der Waals surface area contributed by atoms with Crippen molar-refractivity contribution in [3.8, 4) is 0 Å². The van der Waals surface area contributed by atoms with E-state index in [9.17, 15) is 0 Å². The first kappa shape index (κ1) is 14.3. The minimum Gasteiger partial charge on any atom is -0.313 e. The first-order valence-electron chi connectivity index (χ1n) is 8.22. The van der Waals surface area contributed by atoms with Gasteiger partial charge in [0.25, 0.3) is 0 Å². The van der Waals surface area contributed by atoms with Gasteiger partial charge in [0.15, 0.2) is 0 Å². The van der Waals surface area contributed by atoms with Crippen molar-refractivity contribution in [3.63, 3.8) is 0 Å². The molecule has 2 rings (SSSR count). The normalized spacial score (nSPS) is 31.5. The van der Waals surface area contributed by atoms with E-state index in [1.165, 1.54) is 58.2 Å². The minimum atomic E-state index is 0.747. The molecule has 1 aliphatic heterocycles. The van der Waals surface area contributed by atoms with Gasteiger partial charge in [0.2, 0.25) is 0 Å². The van der Waals surface area contributed by atoms with Crippen molar-refractivity contribution in [3.05, 3.63) is 0 Å². The number of rotatable bonds is 7. The molecule has 0 amide bonds. The van der Waals surface area contributed by atoms with Crippen molar-refractivity contribution in [2.45, 2.75) is 71.4 Å². The molecule has 2 nitrogen and oxygen atoms in total. The van der Waals surface area contributed by atoms with Crippen molar-refractivity contribution < 1.29 is 0 Å². The number of hydrogen-bond donors (Lipinski definition) is 1. The van der Waals surface area contributed by atoms with Crippen LogP contribution in [0.25, 0.3) is 0 Å². The summed E-state index contributed by atoms with van der Waals surface area (Å²) >= 11 is 0. The summed E-state index contributed by atoms with van der Waals surface area (Å²) in [6.45, 7) is 10.9. The van der Waals surface area contributed by atoms with Gasteiger partial charge in [-0.05, 0) is 57.4 Å². The van der Waals surface area contributed by atoms with Gasteiger partial charge in [0.1, 0.15) is 0 Å². The smallest absolute Gasteiger partial charge is 0.0198 e. The lowest BCUT2D eigenvalue weighted by Gasteiger charge is -2.41. The van der Waals surface area contributed by atoms with Crippen molar-refractivity contribution >= 4 is 0 Å². The van der Waals surface area contributed by atoms with E-state index in [2.05, 4.69) is 31.0 Å². The monoisotopic (exact) mass is 252 g/mol. The van der Waals surface area contributed by atoms with Crippen LogP contribution in [0.3, 0.4) is 0 Å². The van der Waals surface area contributed by atoms with Crippen LogP contribution in [0.4, 0.5) is 0 Å². The molecule has 0 spiro atoms. The van der Waals surface area contributed by atoms with Crippen LogP contribution in [0, 0.1) is 11.8 Å². The number of likely N-dealkylation sites (tertiary alicyclic amines) is 1. The zero-order valence-corrected chi connectivity index (χ0v) is 12.6. The summed E-state index contributed by atoms with van der Waals surface area (Å²) in [5, 5.41) is 3.76. The van der Waals surface area contributed by atoms with Crippen LogP contribution in [0.1, 0.15) is 59.3 Å². The lowest BCUT2D eigenvalue weighted by atomic mass is 9.89. The largest absolute Gasteiger partial charge is 0.313 e. The lowest BCUT2D eigenvalue weighted by molar-refractivity contribution is 0.0907. The average molecular weight is 252 g/mol. The molecule has 0 radical (unpaired) electrons. The second-order valence-corrected chi connectivity index (χ2v) is 6.57. The molecule has 0 aromatic rings. The fourth-order valence-corrected chi connectivity index (χ4v) is 3.56. The van der Waals surface area contributed by atoms with Crippen molar-refractivity contribution in [1.82, 2.24) is 10.2 Å². The molecule has 1 saturated heterocycles. The van der Waals surface area contributed by atoms with Crippen LogP contribution in [-0.4, -0.2) is 36.6 Å². The summed E-state index contributed by atoms with van der Waals surface area (Å²) in [4.78, 5) is 2.79. The summed E-state index contributed by atoms with van der Waals surface area (Å²) in [6, 6.07) is 1.58. The summed E-state index contributed by atoms with van der Waals surface area (Å²) in [6.07, 6.45) is 8.37. The molecular weight excluding hydrogens is 220 g/mol. The van der Waals surface area contributed by atoms with Crippen molar-refractivity contribution in [2.75, 3.05) is 19.6 Å². The van der Waals surface area contributed by atoms with Crippen molar-refractivity contribution in [2.24, 2.45) is 11.8 Å². The molecular formula is C16H32N2. The Bertz CT molecular complexity index is 237. The number of piperidine rings is 1. The van der Waals surface area contributed by atoms with Crippen LogP contribution in [-0.2, 0) is 0 Å². The first-order chi connectivity index (χ1) is 8.74. The Morgan fingerprint density at radius 1 is 1.17 bits per heavy atom. The summed E-state index contributed by atoms with van der Waals surface area (Å²) in [5.74, 6) is 1.94. The number of nitrogens with one attached hydrogen (secondary N) is 1. The van der Waals surface area contributed by atoms with Gasteiger partial charge in [-0.3, -0.25) is 4.90 Å². The van der Waals surface area contributed by atoms with Crippen LogP contribution in [0.5, 0.6) is 0 Å². The van der Waals surface area contributed by atoms with E-state index < -0.39 is 0 Å². The van der Waals surface area contributed by atoms with Crippen LogP contribution >= 0.6 is 0 Å². The average Bonchev–Trinajstić information content (AvgIpc) is 3.20. The Hall–Kier alpha value is -0.0800. The summed E-state index contributed by atoms with van der Waals surface area (Å²) < 4.78 is 0. The first-order valence-corrected chi connectivity index (χ1v) is 8.22. The molecule has 1 N–H and O–H groups in total. The van der Waals surface area contributed by atoms with Crippen LogP contribution in [0.2, 0.25) is 0 Å². The summed E-state index contributed by atoms with van der Waals surface area (Å²) in [5.41, 5.74) is 0. The highest BCUT2D eigenvalue weighted by atomic mass is 15.2.